The fourth-order valence-corrected chi connectivity index (χ4v) is 5.06. The number of methoxy groups -OCH3 is 1. The molecule has 2 aromatic rings. The predicted molar refractivity (Wildman–Crippen MR) is 105 cm³/mol. The molecule has 0 bridgehead atoms. The Hall–Kier alpha value is -3.25. The summed E-state index contributed by atoms with van der Waals surface area (Å²) >= 11 is 0. The topological polar surface area (TPSA) is 169 Å². The predicted octanol–water partition coefficient (Wildman–Crippen LogP) is -0.173. The molecule has 1 saturated heterocycles. The fraction of sp³-hybridized carbons (Fsp3) is 0.333. The summed E-state index contributed by atoms with van der Waals surface area (Å²) in [6.07, 6.45) is 1.24. The SMILES string of the molecule is COc1ccc(CN)cc1.O=C(O)C1=C(Cc2cn[nH]n2)CS(=O)(=O)[C@H]2CC(=O)N12. The molecule has 160 valence electrons. The lowest BCUT2D eigenvalue weighted by molar-refractivity contribution is -0.146. The molecule has 0 unspecified atom stereocenters. The summed E-state index contributed by atoms with van der Waals surface area (Å²) in [4.78, 5) is 23.8. The number of fused-ring (bicyclic) bond motifs is 1. The second kappa shape index (κ2) is 8.63. The van der Waals surface area contributed by atoms with E-state index in [1.807, 2.05) is 24.3 Å². The number of rotatable bonds is 5. The van der Waals surface area contributed by atoms with Crippen molar-refractivity contribution in [1.29, 1.82) is 0 Å². The molecule has 4 N–H and O–H groups in total. The molecule has 1 aromatic heterocycles. The van der Waals surface area contributed by atoms with Crippen LogP contribution >= 0.6 is 0 Å². The highest BCUT2D eigenvalue weighted by molar-refractivity contribution is 7.92. The first-order valence-corrected chi connectivity index (χ1v) is 10.6. The number of H-pyrrole nitrogens is 1. The summed E-state index contributed by atoms with van der Waals surface area (Å²) in [7, 11) is -1.90. The monoisotopic (exact) mass is 435 g/mol. The number of nitrogens with one attached hydrogen (secondary N) is 1. The molecule has 1 atom stereocenters. The average molecular weight is 435 g/mol. The van der Waals surface area contributed by atoms with Crippen molar-refractivity contribution in [2.45, 2.75) is 24.8 Å². The molecule has 11 nitrogen and oxygen atoms in total. The number of sulfone groups is 1. The molecule has 1 amide bonds. The summed E-state index contributed by atoms with van der Waals surface area (Å²) in [5.74, 6) is -1.31. The number of hydrogen-bond donors (Lipinski definition) is 3. The van der Waals surface area contributed by atoms with E-state index in [0.29, 0.717) is 12.2 Å². The van der Waals surface area contributed by atoms with Crippen molar-refractivity contribution < 1.29 is 27.9 Å². The molecule has 3 heterocycles. The number of ether oxygens (including phenoxy) is 1. The number of carboxylic acid groups (broad SMARTS) is 1. The molecular formula is C18H21N5O6S. The van der Waals surface area contributed by atoms with E-state index in [0.717, 1.165) is 16.2 Å². The summed E-state index contributed by atoms with van der Waals surface area (Å²) in [5.41, 5.74) is 6.85. The van der Waals surface area contributed by atoms with E-state index >= 15 is 0 Å². The Morgan fingerprint density at radius 2 is 2.07 bits per heavy atom. The average Bonchev–Trinajstić information content (AvgIpc) is 3.22. The number of aliphatic carboxylic acids is 1. The van der Waals surface area contributed by atoms with Crippen molar-refractivity contribution in [3.63, 3.8) is 0 Å². The number of nitrogens with two attached hydrogens (primary N) is 1. The number of aromatic nitrogens is 3. The van der Waals surface area contributed by atoms with E-state index < -0.39 is 27.1 Å². The Balaban J connectivity index is 0.000000216. The highest BCUT2D eigenvalue weighted by atomic mass is 32.2. The van der Waals surface area contributed by atoms with Crippen LogP contribution in [-0.4, -0.2) is 63.9 Å². The van der Waals surface area contributed by atoms with Crippen LogP contribution in [0.5, 0.6) is 5.75 Å². The van der Waals surface area contributed by atoms with E-state index in [9.17, 15) is 23.1 Å². The highest BCUT2D eigenvalue weighted by Gasteiger charge is 2.52. The standard InChI is InChI=1S/C10H10N4O5S.C8H11NO/c15-7-2-8-14(7)9(10(16)17)5(4-20(8,18)19)1-6-3-11-13-12-6;1-10-8-4-2-7(6-9)3-5-8/h3,8H,1-2,4H2,(H,16,17)(H,11,12,13);2-5H,6,9H2,1H3/t8-;/m0./s1. The second-order valence-corrected chi connectivity index (χ2v) is 8.84. The van der Waals surface area contributed by atoms with Crippen LogP contribution in [0.15, 0.2) is 41.7 Å². The minimum atomic E-state index is -3.55. The van der Waals surface area contributed by atoms with Gasteiger partial charge in [0.1, 0.15) is 16.8 Å². The minimum Gasteiger partial charge on any atom is -0.497 e. The van der Waals surface area contributed by atoms with Gasteiger partial charge in [-0.1, -0.05) is 12.1 Å². The number of nitrogens with zero attached hydrogens (tertiary/aromatic N) is 3. The van der Waals surface area contributed by atoms with Crippen LogP contribution in [0, 0.1) is 0 Å². The van der Waals surface area contributed by atoms with Gasteiger partial charge < -0.3 is 15.6 Å². The van der Waals surface area contributed by atoms with Crippen molar-refractivity contribution in [2.75, 3.05) is 12.9 Å². The van der Waals surface area contributed by atoms with Gasteiger partial charge in [0.05, 0.1) is 31.2 Å². The van der Waals surface area contributed by atoms with Crippen LogP contribution in [0.1, 0.15) is 17.7 Å². The van der Waals surface area contributed by atoms with Crippen LogP contribution in [0.25, 0.3) is 0 Å². The Morgan fingerprint density at radius 3 is 2.57 bits per heavy atom. The molecule has 0 radical (unpaired) electrons. The number of hydrogen-bond acceptors (Lipinski definition) is 8. The highest BCUT2D eigenvalue weighted by Crippen LogP contribution is 2.36. The first-order chi connectivity index (χ1) is 14.3. The first kappa shape index (κ1) is 21.5. The molecule has 30 heavy (non-hydrogen) atoms. The lowest BCUT2D eigenvalue weighted by Gasteiger charge is -2.43. The molecule has 0 saturated carbocycles. The van der Waals surface area contributed by atoms with Crippen molar-refractivity contribution >= 4 is 21.7 Å². The zero-order chi connectivity index (χ0) is 21.9. The van der Waals surface area contributed by atoms with Crippen LogP contribution in [-0.2, 0) is 32.4 Å². The smallest absolute Gasteiger partial charge is 0.352 e. The van der Waals surface area contributed by atoms with Crippen LogP contribution in [0.2, 0.25) is 0 Å². The molecule has 12 heteroatoms. The third kappa shape index (κ3) is 4.33. The number of carbonyl (C=O) groups excluding carboxylic acids is 1. The lowest BCUT2D eigenvalue weighted by atomic mass is 10.0. The Morgan fingerprint density at radius 1 is 1.37 bits per heavy atom. The van der Waals surface area contributed by atoms with Crippen molar-refractivity contribution in [3.8, 4) is 5.75 Å². The van der Waals surface area contributed by atoms with Gasteiger partial charge >= 0.3 is 5.97 Å². The third-order valence-corrected chi connectivity index (χ3v) is 6.69. The van der Waals surface area contributed by atoms with Gasteiger partial charge in [0.25, 0.3) is 0 Å². The normalized spacial score (nSPS) is 19.3. The summed E-state index contributed by atoms with van der Waals surface area (Å²) < 4.78 is 29.0. The molecule has 0 spiro atoms. The lowest BCUT2D eigenvalue weighted by Crippen LogP contribution is -2.60. The number of amides is 1. The van der Waals surface area contributed by atoms with Crippen molar-refractivity contribution in [2.24, 2.45) is 5.73 Å². The summed E-state index contributed by atoms with van der Waals surface area (Å²) in [6.45, 7) is 0.587. The van der Waals surface area contributed by atoms with Gasteiger partial charge in [0, 0.05) is 13.0 Å². The van der Waals surface area contributed by atoms with Crippen LogP contribution < -0.4 is 10.5 Å². The van der Waals surface area contributed by atoms with Crippen molar-refractivity contribution in [3.05, 3.63) is 53.0 Å². The number of β-lactam (4-membered cyclic amide) rings is 1. The van der Waals surface area contributed by atoms with Gasteiger partial charge in [-0.05, 0) is 23.3 Å². The minimum absolute atomic E-state index is 0.0217. The van der Waals surface area contributed by atoms with E-state index in [4.69, 9.17) is 10.5 Å². The van der Waals surface area contributed by atoms with Gasteiger partial charge in [0.2, 0.25) is 5.91 Å². The van der Waals surface area contributed by atoms with Gasteiger partial charge in [-0.2, -0.15) is 15.4 Å². The molecule has 0 aliphatic carbocycles. The molecular weight excluding hydrogens is 414 g/mol. The van der Waals surface area contributed by atoms with Gasteiger partial charge in [0.15, 0.2) is 9.84 Å². The van der Waals surface area contributed by atoms with E-state index in [1.54, 1.807) is 7.11 Å². The molecule has 1 fully saturated rings. The van der Waals surface area contributed by atoms with Crippen LogP contribution in [0.4, 0.5) is 0 Å². The van der Waals surface area contributed by atoms with Gasteiger partial charge in [-0.25, -0.2) is 13.2 Å². The molecule has 2 aliphatic heterocycles. The summed E-state index contributed by atoms with van der Waals surface area (Å²) in [5, 5.41) is 17.9. The molecule has 2 aliphatic rings. The van der Waals surface area contributed by atoms with Gasteiger partial charge in [-0.15, -0.1) is 0 Å². The maximum Gasteiger partial charge on any atom is 0.352 e. The number of carbonyl (C=O) groups is 2. The molecule has 4 rings (SSSR count). The second-order valence-electron chi connectivity index (χ2n) is 6.68. The zero-order valence-electron chi connectivity index (χ0n) is 16.1. The summed E-state index contributed by atoms with van der Waals surface area (Å²) in [6, 6.07) is 7.72. The fourth-order valence-electron chi connectivity index (χ4n) is 3.20. The van der Waals surface area contributed by atoms with E-state index in [-0.39, 0.29) is 29.9 Å². The quantitative estimate of drug-likeness (QED) is 0.540. The van der Waals surface area contributed by atoms with Crippen LogP contribution in [0.3, 0.4) is 0 Å². The Labute approximate surface area is 172 Å². The number of benzene rings is 1. The number of aromatic amines is 1. The zero-order valence-corrected chi connectivity index (χ0v) is 16.9. The number of carboxylic acids is 1. The van der Waals surface area contributed by atoms with E-state index in [1.165, 1.54) is 6.20 Å². The Kier molecular flexibility index (Phi) is 6.17. The maximum absolute atomic E-state index is 12.0. The first-order valence-electron chi connectivity index (χ1n) is 8.93. The van der Waals surface area contributed by atoms with E-state index in [2.05, 4.69) is 15.4 Å². The Bertz CT molecular complexity index is 1040. The maximum atomic E-state index is 12.0. The largest absolute Gasteiger partial charge is 0.497 e. The van der Waals surface area contributed by atoms with Gasteiger partial charge in [-0.3, -0.25) is 9.69 Å². The molecule has 1 aromatic carbocycles. The third-order valence-electron chi connectivity index (χ3n) is 4.73. The van der Waals surface area contributed by atoms with Crippen molar-refractivity contribution in [1.82, 2.24) is 20.3 Å².